The fourth-order valence-corrected chi connectivity index (χ4v) is 3.72. The fourth-order valence-electron chi connectivity index (χ4n) is 3.72. The van der Waals surface area contributed by atoms with Crippen molar-refractivity contribution in [2.45, 2.75) is 70.9 Å². The largest absolute Gasteiger partial charge is 0.338 e. The van der Waals surface area contributed by atoms with Crippen LogP contribution in [0.5, 0.6) is 0 Å². The number of likely N-dealkylation sites (tertiary alicyclic amines) is 1. The second kappa shape index (κ2) is 6.05. The van der Waals surface area contributed by atoms with Crippen LogP contribution in [0.1, 0.15) is 58.8 Å². The fraction of sp³-hybridized carbons (Fsp3) is 0.933. The molecule has 3 nitrogen and oxygen atoms in total. The number of piperidine rings is 1. The van der Waals surface area contributed by atoms with Gasteiger partial charge < -0.3 is 10.6 Å². The highest BCUT2D eigenvalue weighted by molar-refractivity contribution is 5.82. The molecule has 1 aliphatic heterocycles. The van der Waals surface area contributed by atoms with Gasteiger partial charge in [0, 0.05) is 12.6 Å². The van der Waals surface area contributed by atoms with Crippen molar-refractivity contribution in [3.63, 3.8) is 0 Å². The van der Waals surface area contributed by atoms with Crippen LogP contribution in [0.15, 0.2) is 0 Å². The van der Waals surface area contributed by atoms with E-state index in [1.54, 1.807) is 0 Å². The molecule has 0 radical (unpaired) electrons. The van der Waals surface area contributed by atoms with Gasteiger partial charge in [-0.3, -0.25) is 4.79 Å². The van der Waals surface area contributed by atoms with Gasteiger partial charge in [0.2, 0.25) is 5.91 Å². The standard InChI is InChI=1S/C15H28N2O/c1-11(2)10-13(16)15(18)17-9-5-7-12-6-3-4-8-14(12)17/h11-14H,3-10,16H2,1-2H3/t12-,13?,14-/m1/s1. The van der Waals surface area contributed by atoms with E-state index in [1.807, 2.05) is 0 Å². The third-order valence-corrected chi connectivity index (χ3v) is 4.57. The Labute approximate surface area is 111 Å². The van der Waals surface area contributed by atoms with Gasteiger partial charge in [0.05, 0.1) is 6.04 Å². The molecule has 0 spiro atoms. The Kier molecular flexibility index (Phi) is 4.66. The molecule has 3 heteroatoms. The quantitative estimate of drug-likeness (QED) is 0.839. The number of amides is 1. The van der Waals surface area contributed by atoms with Crippen LogP contribution in [0.3, 0.4) is 0 Å². The van der Waals surface area contributed by atoms with Gasteiger partial charge in [0.25, 0.3) is 0 Å². The molecule has 0 bridgehead atoms. The normalized spacial score (nSPS) is 30.1. The summed E-state index contributed by atoms with van der Waals surface area (Å²) >= 11 is 0. The molecule has 0 aromatic heterocycles. The lowest BCUT2D eigenvalue weighted by Crippen LogP contribution is -2.54. The minimum absolute atomic E-state index is 0.209. The minimum atomic E-state index is -0.286. The van der Waals surface area contributed by atoms with Crippen LogP contribution in [0, 0.1) is 11.8 Å². The summed E-state index contributed by atoms with van der Waals surface area (Å²) in [4.78, 5) is 14.6. The molecule has 1 heterocycles. The summed E-state index contributed by atoms with van der Waals surface area (Å²) in [5.41, 5.74) is 6.08. The zero-order valence-corrected chi connectivity index (χ0v) is 11.9. The maximum atomic E-state index is 12.5. The molecule has 104 valence electrons. The number of carbonyl (C=O) groups is 1. The third kappa shape index (κ3) is 3.05. The molecular weight excluding hydrogens is 224 g/mol. The van der Waals surface area contributed by atoms with Crippen molar-refractivity contribution in [3.05, 3.63) is 0 Å². The van der Waals surface area contributed by atoms with E-state index in [2.05, 4.69) is 18.7 Å². The molecule has 1 saturated carbocycles. The van der Waals surface area contributed by atoms with E-state index in [-0.39, 0.29) is 11.9 Å². The van der Waals surface area contributed by atoms with E-state index in [4.69, 9.17) is 5.73 Å². The number of hydrogen-bond acceptors (Lipinski definition) is 2. The Balaban J connectivity index is 1.99. The maximum absolute atomic E-state index is 12.5. The van der Waals surface area contributed by atoms with Gasteiger partial charge in [0.1, 0.15) is 0 Å². The first kappa shape index (κ1) is 13.9. The van der Waals surface area contributed by atoms with Gasteiger partial charge >= 0.3 is 0 Å². The number of rotatable bonds is 3. The number of nitrogens with zero attached hydrogens (tertiary/aromatic N) is 1. The van der Waals surface area contributed by atoms with E-state index in [1.165, 1.54) is 38.5 Å². The highest BCUT2D eigenvalue weighted by Gasteiger charge is 2.37. The van der Waals surface area contributed by atoms with E-state index in [9.17, 15) is 4.79 Å². The predicted molar refractivity (Wildman–Crippen MR) is 74.1 cm³/mol. The molecule has 1 unspecified atom stereocenters. The van der Waals surface area contributed by atoms with Crippen molar-refractivity contribution in [1.29, 1.82) is 0 Å². The summed E-state index contributed by atoms with van der Waals surface area (Å²) in [6.07, 6.45) is 8.44. The minimum Gasteiger partial charge on any atom is -0.338 e. The van der Waals surface area contributed by atoms with Crippen LogP contribution in [0.25, 0.3) is 0 Å². The molecule has 2 fully saturated rings. The zero-order chi connectivity index (χ0) is 13.1. The van der Waals surface area contributed by atoms with Gasteiger partial charge in [-0.15, -0.1) is 0 Å². The highest BCUT2D eigenvalue weighted by Crippen LogP contribution is 2.35. The second-order valence-corrected chi connectivity index (χ2v) is 6.52. The average molecular weight is 252 g/mol. The summed E-state index contributed by atoms with van der Waals surface area (Å²) in [6.45, 7) is 5.20. The Hall–Kier alpha value is -0.570. The number of hydrogen-bond donors (Lipinski definition) is 1. The van der Waals surface area contributed by atoms with E-state index in [0.717, 1.165) is 18.9 Å². The topological polar surface area (TPSA) is 46.3 Å². The predicted octanol–water partition coefficient (Wildman–Crippen LogP) is 2.54. The van der Waals surface area contributed by atoms with Crippen molar-refractivity contribution in [2.75, 3.05) is 6.54 Å². The molecule has 2 aliphatic rings. The molecule has 2 N–H and O–H groups in total. The number of carbonyl (C=O) groups excluding carboxylic acids is 1. The monoisotopic (exact) mass is 252 g/mol. The molecule has 0 aromatic carbocycles. The Bertz CT molecular complexity index is 288. The highest BCUT2D eigenvalue weighted by atomic mass is 16.2. The smallest absolute Gasteiger partial charge is 0.239 e. The first-order valence-corrected chi connectivity index (χ1v) is 7.65. The summed E-state index contributed by atoms with van der Waals surface area (Å²) in [6, 6.07) is 0.212. The lowest BCUT2D eigenvalue weighted by molar-refractivity contribution is -0.139. The van der Waals surface area contributed by atoms with Crippen molar-refractivity contribution in [1.82, 2.24) is 4.90 Å². The summed E-state index contributed by atoms with van der Waals surface area (Å²) in [7, 11) is 0. The van der Waals surface area contributed by atoms with Gasteiger partial charge in [-0.25, -0.2) is 0 Å². The average Bonchev–Trinajstić information content (AvgIpc) is 2.36. The number of nitrogens with two attached hydrogens (primary N) is 1. The van der Waals surface area contributed by atoms with Gasteiger partial charge in [-0.05, 0) is 43.9 Å². The van der Waals surface area contributed by atoms with Gasteiger partial charge in [0.15, 0.2) is 0 Å². The van der Waals surface area contributed by atoms with Crippen molar-refractivity contribution in [2.24, 2.45) is 17.6 Å². The lowest BCUT2D eigenvalue weighted by Gasteiger charge is -2.45. The molecular formula is C15H28N2O. The molecule has 0 aromatic rings. The first-order chi connectivity index (χ1) is 8.59. The third-order valence-electron chi connectivity index (χ3n) is 4.57. The van der Waals surface area contributed by atoms with Gasteiger partial charge in [-0.1, -0.05) is 26.7 Å². The Morgan fingerprint density at radius 3 is 2.61 bits per heavy atom. The second-order valence-electron chi connectivity index (χ2n) is 6.52. The number of fused-ring (bicyclic) bond motifs is 1. The zero-order valence-electron chi connectivity index (χ0n) is 11.9. The van der Waals surface area contributed by atoms with Crippen molar-refractivity contribution >= 4 is 5.91 Å². The van der Waals surface area contributed by atoms with Crippen LogP contribution in [0.4, 0.5) is 0 Å². The van der Waals surface area contributed by atoms with Crippen LogP contribution in [-0.4, -0.2) is 29.4 Å². The van der Waals surface area contributed by atoms with E-state index < -0.39 is 0 Å². The van der Waals surface area contributed by atoms with Crippen LogP contribution >= 0.6 is 0 Å². The Morgan fingerprint density at radius 2 is 1.89 bits per heavy atom. The first-order valence-electron chi connectivity index (χ1n) is 7.65. The summed E-state index contributed by atoms with van der Waals surface area (Å²) < 4.78 is 0. The maximum Gasteiger partial charge on any atom is 0.239 e. The molecule has 18 heavy (non-hydrogen) atoms. The summed E-state index contributed by atoms with van der Waals surface area (Å²) in [5, 5.41) is 0. The molecule has 1 amide bonds. The van der Waals surface area contributed by atoms with Crippen LogP contribution in [0.2, 0.25) is 0 Å². The van der Waals surface area contributed by atoms with E-state index in [0.29, 0.717) is 12.0 Å². The van der Waals surface area contributed by atoms with Gasteiger partial charge in [-0.2, -0.15) is 0 Å². The van der Waals surface area contributed by atoms with Crippen molar-refractivity contribution in [3.8, 4) is 0 Å². The molecule has 1 aliphatic carbocycles. The molecule has 1 saturated heterocycles. The SMILES string of the molecule is CC(C)CC(N)C(=O)N1CCC[C@H]2CCCC[C@H]21. The van der Waals surface area contributed by atoms with Crippen molar-refractivity contribution < 1.29 is 4.79 Å². The molecule has 2 rings (SSSR count). The van der Waals surface area contributed by atoms with Crippen LogP contribution < -0.4 is 5.73 Å². The lowest BCUT2D eigenvalue weighted by atomic mass is 9.78. The molecule has 3 atom stereocenters. The van der Waals surface area contributed by atoms with E-state index >= 15 is 0 Å². The van der Waals surface area contributed by atoms with Crippen LogP contribution in [-0.2, 0) is 4.79 Å². The Morgan fingerprint density at radius 1 is 1.22 bits per heavy atom. The summed E-state index contributed by atoms with van der Waals surface area (Å²) in [5.74, 6) is 1.46.